The van der Waals surface area contributed by atoms with Crippen LogP contribution in [0, 0.1) is 0 Å². The highest BCUT2D eigenvalue weighted by Crippen LogP contribution is 2.24. The van der Waals surface area contributed by atoms with Crippen molar-refractivity contribution in [3.8, 4) is 0 Å². The molecule has 3 rings (SSSR count). The van der Waals surface area contributed by atoms with Crippen LogP contribution in [-0.2, 0) is 4.79 Å². The van der Waals surface area contributed by atoms with Gasteiger partial charge in [0.05, 0.1) is 0 Å². The van der Waals surface area contributed by atoms with Gasteiger partial charge in [-0.05, 0) is 37.5 Å². The smallest absolute Gasteiger partial charge is 0.249 e. The average molecular weight is 322 g/mol. The van der Waals surface area contributed by atoms with Gasteiger partial charge in [0.25, 0.3) is 0 Å². The van der Waals surface area contributed by atoms with Gasteiger partial charge in [-0.15, -0.1) is 0 Å². The van der Waals surface area contributed by atoms with Crippen molar-refractivity contribution in [2.45, 2.75) is 25.8 Å². The van der Waals surface area contributed by atoms with E-state index in [1.807, 2.05) is 47.4 Å². The van der Waals surface area contributed by atoms with Gasteiger partial charge >= 0.3 is 0 Å². The third-order valence-electron chi connectivity index (χ3n) is 4.38. The second-order valence-electron chi connectivity index (χ2n) is 6.16. The number of amides is 1. The second-order valence-corrected chi connectivity index (χ2v) is 6.16. The number of carbonyl (C=O) groups is 2. The fourth-order valence-corrected chi connectivity index (χ4v) is 3.05. The lowest BCUT2D eigenvalue weighted by atomic mass is 10.0. The first-order valence-corrected chi connectivity index (χ1v) is 8.36. The summed E-state index contributed by atoms with van der Waals surface area (Å²) in [6.45, 7) is 3.18. The zero-order chi connectivity index (χ0) is 16.9. The summed E-state index contributed by atoms with van der Waals surface area (Å²) in [4.78, 5) is 26.5. The summed E-state index contributed by atoms with van der Waals surface area (Å²) in [6.07, 6.45) is 2.13. The molecular weight excluding hydrogens is 300 g/mol. The molecule has 4 nitrogen and oxygen atoms in total. The largest absolute Gasteiger partial charge is 0.370 e. The fourth-order valence-electron chi connectivity index (χ4n) is 3.05. The van der Waals surface area contributed by atoms with Crippen LogP contribution in [-0.4, -0.2) is 29.7 Å². The molecule has 24 heavy (non-hydrogen) atoms. The summed E-state index contributed by atoms with van der Waals surface area (Å²) in [7, 11) is 0. The molecule has 4 heteroatoms. The first kappa shape index (κ1) is 16.2. The van der Waals surface area contributed by atoms with E-state index in [-0.39, 0.29) is 11.7 Å². The Kier molecular flexibility index (Phi) is 4.94. The summed E-state index contributed by atoms with van der Waals surface area (Å²) >= 11 is 0. The maximum atomic E-state index is 13.0. The minimum atomic E-state index is -0.438. The molecule has 1 fully saturated rings. The number of ketones is 1. The van der Waals surface area contributed by atoms with E-state index in [4.69, 9.17) is 0 Å². The molecule has 0 bridgehead atoms. The normalized spacial score (nSPS) is 15.1. The maximum absolute atomic E-state index is 13.0. The van der Waals surface area contributed by atoms with Crippen molar-refractivity contribution in [2.75, 3.05) is 18.4 Å². The number of anilines is 1. The van der Waals surface area contributed by atoms with Crippen molar-refractivity contribution in [1.82, 2.24) is 4.90 Å². The Hall–Kier alpha value is -2.62. The average Bonchev–Trinajstić information content (AvgIpc) is 3.15. The van der Waals surface area contributed by atoms with Crippen molar-refractivity contribution in [1.29, 1.82) is 0 Å². The Bertz CT molecular complexity index is 721. The van der Waals surface area contributed by atoms with E-state index < -0.39 is 6.04 Å². The number of rotatable bonds is 5. The molecule has 1 heterocycles. The number of likely N-dealkylation sites (tertiary alicyclic amines) is 1. The van der Waals surface area contributed by atoms with Gasteiger partial charge in [0.2, 0.25) is 5.91 Å². The van der Waals surface area contributed by atoms with Gasteiger partial charge in [-0.3, -0.25) is 9.59 Å². The number of hydrogen-bond donors (Lipinski definition) is 1. The highest BCUT2D eigenvalue weighted by molar-refractivity contribution is 5.95. The molecule has 0 aromatic heterocycles. The van der Waals surface area contributed by atoms with E-state index in [0.29, 0.717) is 5.56 Å². The SMILES string of the molecule is CC(=O)c1cccc(NC(C(=O)N2CCCC2)c2ccccc2)c1. The summed E-state index contributed by atoms with van der Waals surface area (Å²) in [5.41, 5.74) is 2.35. The summed E-state index contributed by atoms with van der Waals surface area (Å²) in [5.74, 6) is 0.104. The number of nitrogens with one attached hydrogen (secondary N) is 1. The van der Waals surface area contributed by atoms with Crippen LogP contribution >= 0.6 is 0 Å². The number of carbonyl (C=O) groups excluding carboxylic acids is 2. The molecule has 1 atom stereocenters. The topological polar surface area (TPSA) is 49.4 Å². The van der Waals surface area contributed by atoms with E-state index in [1.54, 1.807) is 19.1 Å². The zero-order valence-corrected chi connectivity index (χ0v) is 13.9. The molecule has 1 aliphatic rings. The van der Waals surface area contributed by atoms with Gasteiger partial charge in [-0.1, -0.05) is 42.5 Å². The van der Waals surface area contributed by atoms with Crippen LogP contribution in [0.4, 0.5) is 5.69 Å². The molecule has 0 spiro atoms. The van der Waals surface area contributed by atoms with Crippen LogP contribution in [0.15, 0.2) is 54.6 Å². The van der Waals surface area contributed by atoms with E-state index in [1.165, 1.54) is 0 Å². The lowest BCUT2D eigenvalue weighted by molar-refractivity contribution is -0.131. The molecule has 1 N–H and O–H groups in total. The van der Waals surface area contributed by atoms with Gasteiger partial charge in [-0.2, -0.15) is 0 Å². The Morgan fingerprint density at radius 1 is 1.00 bits per heavy atom. The van der Waals surface area contributed by atoms with Gasteiger partial charge in [0.15, 0.2) is 5.78 Å². The molecule has 1 saturated heterocycles. The van der Waals surface area contributed by atoms with Crippen molar-refractivity contribution >= 4 is 17.4 Å². The Labute approximate surface area is 142 Å². The molecule has 2 aromatic carbocycles. The van der Waals surface area contributed by atoms with Crippen LogP contribution in [0.5, 0.6) is 0 Å². The summed E-state index contributed by atoms with van der Waals surface area (Å²) in [5, 5.41) is 3.32. The Balaban J connectivity index is 1.88. The molecule has 0 saturated carbocycles. The van der Waals surface area contributed by atoms with Crippen molar-refractivity contribution in [3.63, 3.8) is 0 Å². The van der Waals surface area contributed by atoms with Crippen LogP contribution in [0.25, 0.3) is 0 Å². The molecule has 0 aliphatic carbocycles. The van der Waals surface area contributed by atoms with Crippen LogP contribution < -0.4 is 5.32 Å². The first-order valence-electron chi connectivity index (χ1n) is 8.36. The molecule has 0 radical (unpaired) electrons. The van der Waals surface area contributed by atoms with Crippen molar-refractivity contribution in [3.05, 3.63) is 65.7 Å². The number of Topliss-reactive ketones (excluding diaryl/α,β-unsaturated/α-hetero) is 1. The molecule has 2 aromatic rings. The minimum Gasteiger partial charge on any atom is -0.370 e. The van der Waals surface area contributed by atoms with Gasteiger partial charge in [-0.25, -0.2) is 0 Å². The highest BCUT2D eigenvalue weighted by atomic mass is 16.2. The van der Waals surface area contributed by atoms with Gasteiger partial charge in [0, 0.05) is 24.3 Å². The van der Waals surface area contributed by atoms with E-state index in [9.17, 15) is 9.59 Å². The van der Waals surface area contributed by atoms with Crippen LogP contribution in [0.2, 0.25) is 0 Å². The van der Waals surface area contributed by atoms with Gasteiger partial charge < -0.3 is 10.2 Å². The van der Waals surface area contributed by atoms with E-state index >= 15 is 0 Å². The molecule has 1 unspecified atom stereocenters. The lowest BCUT2D eigenvalue weighted by Crippen LogP contribution is -2.36. The van der Waals surface area contributed by atoms with E-state index in [0.717, 1.165) is 37.2 Å². The molecule has 1 amide bonds. The maximum Gasteiger partial charge on any atom is 0.249 e. The number of hydrogen-bond acceptors (Lipinski definition) is 3. The molecular formula is C20H22N2O2. The van der Waals surface area contributed by atoms with Crippen LogP contribution in [0.1, 0.15) is 41.7 Å². The third-order valence-corrected chi connectivity index (χ3v) is 4.38. The van der Waals surface area contributed by atoms with Crippen molar-refractivity contribution in [2.24, 2.45) is 0 Å². The fraction of sp³-hybridized carbons (Fsp3) is 0.300. The van der Waals surface area contributed by atoms with E-state index in [2.05, 4.69) is 5.32 Å². The second kappa shape index (κ2) is 7.30. The van der Waals surface area contributed by atoms with Crippen molar-refractivity contribution < 1.29 is 9.59 Å². The van der Waals surface area contributed by atoms with Gasteiger partial charge in [0.1, 0.15) is 6.04 Å². The number of benzene rings is 2. The third kappa shape index (κ3) is 3.65. The summed E-state index contributed by atoms with van der Waals surface area (Å²) in [6, 6.07) is 16.6. The Morgan fingerprint density at radius 3 is 2.38 bits per heavy atom. The predicted molar refractivity (Wildman–Crippen MR) is 95.1 cm³/mol. The quantitative estimate of drug-likeness (QED) is 0.855. The van der Waals surface area contributed by atoms with Crippen LogP contribution in [0.3, 0.4) is 0 Å². The number of nitrogens with zero attached hydrogens (tertiary/aromatic N) is 1. The monoisotopic (exact) mass is 322 g/mol. The lowest BCUT2D eigenvalue weighted by Gasteiger charge is -2.25. The highest BCUT2D eigenvalue weighted by Gasteiger charge is 2.27. The Morgan fingerprint density at radius 2 is 1.71 bits per heavy atom. The predicted octanol–water partition coefficient (Wildman–Crippen LogP) is 3.66. The molecule has 124 valence electrons. The first-order chi connectivity index (χ1) is 11.6. The zero-order valence-electron chi connectivity index (χ0n) is 13.9. The minimum absolute atomic E-state index is 0.0146. The standard InChI is InChI=1S/C20H22N2O2/c1-15(23)17-10-7-11-18(14-17)21-19(16-8-3-2-4-9-16)20(24)22-12-5-6-13-22/h2-4,7-11,14,19,21H,5-6,12-13H2,1H3. The molecule has 1 aliphatic heterocycles. The summed E-state index contributed by atoms with van der Waals surface area (Å²) < 4.78 is 0.